The molecule has 6 heteroatoms. The molecule has 25 heavy (non-hydrogen) atoms. The minimum atomic E-state index is -0.470. The third kappa shape index (κ3) is 3.01. The molecule has 1 unspecified atom stereocenters. The van der Waals surface area contributed by atoms with Crippen LogP contribution < -0.4 is 10.3 Å². The second-order valence-electron chi connectivity index (χ2n) is 6.08. The fourth-order valence-electron chi connectivity index (χ4n) is 3.34. The maximum Gasteiger partial charge on any atom is 0.266 e. The molecule has 6 nitrogen and oxygen atoms in total. The molecule has 0 bridgehead atoms. The highest BCUT2D eigenvalue weighted by molar-refractivity contribution is 5.96. The number of ether oxygens (including phenoxy) is 1. The van der Waals surface area contributed by atoms with Gasteiger partial charge in [0.05, 0.1) is 18.7 Å². The summed E-state index contributed by atoms with van der Waals surface area (Å²) in [6.07, 6.45) is 3.18. The van der Waals surface area contributed by atoms with Gasteiger partial charge in [0.25, 0.3) is 11.5 Å². The molecule has 0 saturated carbocycles. The first-order chi connectivity index (χ1) is 12.1. The van der Waals surface area contributed by atoms with Crippen molar-refractivity contribution < 1.29 is 9.53 Å². The average molecular weight is 337 g/mol. The van der Waals surface area contributed by atoms with E-state index in [2.05, 4.69) is 4.98 Å². The van der Waals surface area contributed by atoms with Crippen LogP contribution >= 0.6 is 0 Å². The predicted octanol–water partition coefficient (Wildman–Crippen LogP) is 2.54. The number of aromatic amines is 1. The van der Waals surface area contributed by atoms with Crippen LogP contribution in [0.2, 0.25) is 0 Å². The van der Waals surface area contributed by atoms with E-state index in [-0.39, 0.29) is 17.5 Å². The van der Waals surface area contributed by atoms with Crippen LogP contribution in [-0.4, -0.2) is 29.4 Å². The standard InChI is InChI=1S/C19H19N3O3/c1-12-15(10-20)18(23)21-11-16(12)19(24)22-8-4-7-17(22)13-5-3-6-14(9-13)25-2/h3,5-6,9,11,17H,4,7-8H2,1-2H3,(H,21,23). The molecular weight excluding hydrogens is 318 g/mol. The van der Waals surface area contributed by atoms with Crippen molar-refractivity contribution in [3.8, 4) is 11.8 Å². The molecule has 0 radical (unpaired) electrons. The number of hydrogen-bond acceptors (Lipinski definition) is 4. The Labute approximate surface area is 145 Å². The summed E-state index contributed by atoms with van der Waals surface area (Å²) < 4.78 is 5.28. The first-order valence-electron chi connectivity index (χ1n) is 8.14. The highest BCUT2D eigenvalue weighted by Crippen LogP contribution is 2.34. The lowest BCUT2D eigenvalue weighted by atomic mass is 10.0. The minimum absolute atomic E-state index is 0.0111. The summed E-state index contributed by atoms with van der Waals surface area (Å²) in [6, 6.07) is 9.54. The van der Waals surface area contributed by atoms with Crippen LogP contribution in [0.3, 0.4) is 0 Å². The van der Waals surface area contributed by atoms with E-state index >= 15 is 0 Å². The van der Waals surface area contributed by atoms with Crippen LogP contribution in [0.1, 0.15) is 45.9 Å². The van der Waals surface area contributed by atoms with Crippen molar-refractivity contribution in [1.29, 1.82) is 5.26 Å². The van der Waals surface area contributed by atoms with Crippen molar-refractivity contribution in [2.24, 2.45) is 0 Å². The van der Waals surface area contributed by atoms with Crippen molar-refractivity contribution in [3.63, 3.8) is 0 Å². The number of nitriles is 1. The summed E-state index contributed by atoms with van der Waals surface area (Å²) >= 11 is 0. The largest absolute Gasteiger partial charge is 0.497 e. The fraction of sp³-hybridized carbons (Fsp3) is 0.316. The lowest BCUT2D eigenvalue weighted by Gasteiger charge is -2.26. The molecule has 1 aromatic heterocycles. The number of carbonyl (C=O) groups is 1. The van der Waals surface area contributed by atoms with Crippen LogP contribution in [-0.2, 0) is 0 Å². The van der Waals surface area contributed by atoms with Crippen molar-refractivity contribution in [3.05, 3.63) is 63.1 Å². The Bertz CT molecular complexity index is 911. The van der Waals surface area contributed by atoms with Gasteiger partial charge < -0.3 is 14.6 Å². The van der Waals surface area contributed by atoms with Gasteiger partial charge in [-0.15, -0.1) is 0 Å². The highest BCUT2D eigenvalue weighted by Gasteiger charge is 2.32. The molecule has 1 atom stereocenters. The third-order valence-corrected chi connectivity index (χ3v) is 4.69. The number of carbonyl (C=O) groups excluding carboxylic acids is 1. The van der Waals surface area contributed by atoms with Gasteiger partial charge in [0, 0.05) is 12.7 Å². The van der Waals surface area contributed by atoms with Gasteiger partial charge in [-0.3, -0.25) is 9.59 Å². The number of methoxy groups -OCH3 is 1. The monoisotopic (exact) mass is 337 g/mol. The topological polar surface area (TPSA) is 86.2 Å². The first-order valence-corrected chi connectivity index (χ1v) is 8.14. The van der Waals surface area contributed by atoms with Crippen LogP contribution in [0.4, 0.5) is 0 Å². The highest BCUT2D eigenvalue weighted by atomic mass is 16.5. The second kappa shape index (κ2) is 6.81. The van der Waals surface area contributed by atoms with E-state index in [1.165, 1.54) is 6.20 Å². The number of hydrogen-bond donors (Lipinski definition) is 1. The Morgan fingerprint density at radius 1 is 1.44 bits per heavy atom. The Morgan fingerprint density at radius 3 is 2.96 bits per heavy atom. The maximum atomic E-state index is 13.0. The van der Waals surface area contributed by atoms with Gasteiger partial charge in [0.2, 0.25) is 0 Å². The summed E-state index contributed by atoms with van der Waals surface area (Å²) in [5, 5.41) is 9.15. The Balaban J connectivity index is 1.97. The number of benzene rings is 1. The smallest absolute Gasteiger partial charge is 0.266 e. The van der Waals surface area contributed by atoms with E-state index in [0.29, 0.717) is 17.7 Å². The Morgan fingerprint density at radius 2 is 2.24 bits per heavy atom. The van der Waals surface area contributed by atoms with E-state index < -0.39 is 5.56 Å². The molecule has 1 N–H and O–H groups in total. The number of pyridine rings is 1. The molecule has 2 heterocycles. The summed E-state index contributed by atoms with van der Waals surface area (Å²) in [5.74, 6) is 0.583. The number of likely N-dealkylation sites (tertiary alicyclic amines) is 1. The minimum Gasteiger partial charge on any atom is -0.497 e. The first kappa shape index (κ1) is 16.8. The molecule has 0 aliphatic carbocycles. The fourth-order valence-corrected chi connectivity index (χ4v) is 3.34. The molecular formula is C19H19N3O3. The van der Waals surface area contributed by atoms with E-state index in [9.17, 15) is 9.59 Å². The third-order valence-electron chi connectivity index (χ3n) is 4.69. The van der Waals surface area contributed by atoms with Crippen molar-refractivity contribution in [1.82, 2.24) is 9.88 Å². The van der Waals surface area contributed by atoms with Gasteiger partial charge in [-0.1, -0.05) is 12.1 Å². The van der Waals surface area contributed by atoms with Gasteiger partial charge in [0.15, 0.2) is 0 Å². The molecule has 0 spiro atoms. The molecule has 3 rings (SSSR count). The number of amides is 1. The Kier molecular flexibility index (Phi) is 4.57. The van der Waals surface area contributed by atoms with Crippen LogP contribution in [0.5, 0.6) is 5.75 Å². The van der Waals surface area contributed by atoms with Crippen molar-refractivity contribution in [2.45, 2.75) is 25.8 Å². The SMILES string of the molecule is COc1cccc(C2CCCN2C(=O)c2c[nH]c(=O)c(C#N)c2C)c1. The molecule has 1 amide bonds. The van der Waals surface area contributed by atoms with Gasteiger partial charge in [-0.25, -0.2) is 0 Å². The number of aromatic nitrogens is 1. The molecule has 1 saturated heterocycles. The lowest BCUT2D eigenvalue weighted by Crippen LogP contribution is -2.32. The predicted molar refractivity (Wildman–Crippen MR) is 92.5 cm³/mol. The van der Waals surface area contributed by atoms with E-state index in [1.807, 2.05) is 30.3 Å². The Hall–Kier alpha value is -3.07. The summed E-state index contributed by atoms with van der Waals surface area (Å²) in [6.45, 7) is 2.28. The molecule has 1 fully saturated rings. The molecule has 1 aliphatic rings. The van der Waals surface area contributed by atoms with E-state index in [1.54, 1.807) is 18.9 Å². The zero-order valence-corrected chi connectivity index (χ0v) is 14.2. The molecule has 1 aliphatic heterocycles. The molecule has 2 aromatic rings. The number of nitrogens with zero attached hydrogens (tertiary/aromatic N) is 2. The molecule has 1 aromatic carbocycles. The lowest BCUT2D eigenvalue weighted by molar-refractivity contribution is 0.0734. The second-order valence-corrected chi connectivity index (χ2v) is 6.08. The number of rotatable bonds is 3. The maximum absolute atomic E-state index is 13.0. The number of H-pyrrole nitrogens is 1. The normalized spacial score (nSPS) is 16.5. The zero-order chi connectivity index (χ0) is 18.0. The van der Waals surface area contributed by atoms with Gasteiger partial charge in [-0.05, 0) is 43.0 Å². The van der Waals surface area contributed by atoms with Crippen molar-refractivity contribution >= 4 is 5.91 Å². The van der Waals surface area contributed by atoms with Gasteiger partial charge >= 0.3 is 0 Å². The number of nitrogens with one attached hydrogen (secondary N) is 1. The van der Waals surface area contributed by atoms with Gasteiger partial charge in [0.1, 0.15) is 17.4 Å². The summed E-state index contributed by atoms with van der Waals surface area (Å²) in [5.41, 5.74) is 1.33. The van der Waals surface area contributed by atoms with Crippen molar-refractivity contribution in [2.75, 3.05) is 13.7 Å². The summed E-state index contributed by atoms with van der Waals surface area (Å²) in [7, 11) is 1.61. The van der Waals surface area contributed by atoms with Crippen LogP contribution in [0.25, 0.3) is 0 Å². The van der Waals surface area contributed by atoms with E-state index in [0.717, 1.165) is 24.2 Å². The van der Waals surface area contributed by atoms with Crippen LogP contribution in [0, 0.1) is 18.3 Å². The average Bonchev–Trinajstić information content (AvgIpc) is 3.11. The van der Waals surface area contributed by atoms with Gasteiger partial charge in [-0.2, -0.15) is 5.26 Å². The quantitative estimate of drug-likeness (QED) is 0.932. The zero-order valence-electron chi connectivity index (χ0n) is 14.2. The van der Waals surface area contributed by atoms with Crippen LogP contribution in [0.15, 0.2) is 35.3 Å². The van der Waals surface area contributed by atoms with E-state index in [4.69, 9.17) is 10.00 Å². The molecule has 128 valence electrons. The summed E-state index contributed by atoms with van der Waals surface area (Å²) in [4.78, 5) is 29.0.